The maximum atomic E-state index is 13.0. The number of fused-ring (bicyclic) bond motifs is 1. The molecule has 4 aromatic rings. The van der Waals surface area contributed by atoms with Crippen molar-refractivity contribution in [3.63, 3.8) is 0 Å². The average molecular weight is 554 g/mol. The van der Waals surface area contributed by atoms with E-state index in [1.165, 1.54) is 18.8 Å². The summed E-state index contributed by atoms with van der Waals surface area (Å²) in [7, 11) is 2.18. The molecule has 6 rings (SSSR count). The van der Waals surface area contributed by atoms with Gasteiger partial charge in [0.05, 0.1) is 12.4 Å². The Morgan fingerprint density at radius 3 is 2.48 bits per heavy atom. The van der Waals surface area contributed by atoms with Crippen LogP contribution in [0.25, 0.3) is 22.2 Å². The molecule has 4 aromatic heterocycles. The first-order valence-electron chi connectivity index (χ1n) is 13.7. The lowest BCUT2D eigenvalue weighted by atomic mass is 9.77. The Morgan fingerprint density at radius 2 is 1.77 bits per heavy atom. The second kappa shape index (κ2) is 10.1. The normalized spacial score (nSPS) is 17.9. The topological polar surface area (TPSA) is 79.9 Å². The highest BCUT2D eigenvalue weighted by Crippen LogP contribution is 2.43. The van der Waals surface area contributed by atoms with Crippen molar-refractivity contribution < 1.29 is 13.2 Å². The molecule has 0 atom stereocenters. The van der Waals surface area contributed by atoms with E-state index in [0.29, 0.717) is 22.6 Å². The minimum absolute atomic E-state index is 0.171. The number of likely N-dealkylation sites (tertiary alicyclic amines) is 1. The molecule has 0 aliphatic carbocycles. The Morgan fingerprint density at radius 1 is 1.00 bits per heavy atom. The zero-order valence-corrected chi connectivity index (χ0v) is 23.0. The van der Waals surface area contributed by atoms with Crippen molar-refractivity contribution >= 4 is 28.4 Å². The van der Waals surface area contributed by atoms with Crippen molar-refractivity contribution in [3.05, 3.63) is 43.0 Å². The second-order valence-corrected chi connectivity index (χ2v) is 11.5. The largest absolute Gasteiger partial charge is 0.408 e. The predicted octanol–water partition coefficient (Wildman–Crippen LogP) is 5.50. The van der Waals surface area contributed by atoms with E-state index in [1.54, 1.807) is 12.4 Å². The lowest BCUT2D eigenvalue weighted by Gasteiger charge is -2.41. The molecule has 0 radical (unpaired) electrons. The van der Waals surface area contributed by atoms with Crippen LogP contribution >= 0.6 is 0 Å². The van der Waals surface area contributed by atoms with E-state index in [4.69, 9.17) is 4.98 Å². The number of rotatable bonds is 6. The summed E-state index contributed by atoms with van der Waals surface area (Å²) in [6.07, 6.45) is 5.48. The van der Waals surface area contributed by atoms with Gasteiger partial charge in [-0.05, 0) is 64.3 Å². The van der Waals surface area contributed by atoms with Gasteiger partial charge in [0.15, 0.2) is 5.65 Å². The fourth-order valence-electron chi connectivity index (χ4n) is 6.06. The fourth-order valence-corrected chi connectivity index (χ4v) is 6.06. The van der Waals surface area contributed by atoms with Gasteiger partial charge in [-0.2, -0.15) is 23.4 Å². The molecule has 0 bridgehead atoms. The van der Waals surface area contributed by atoms with Crippen LogP contribution in [-0.4, -0.2) is 73.8 Å². The number of anilines is 3. The zero-order chi connectivity index (χ0) is 28.1. The molecule has 12 heteroatoms. The van der Waals surface area contributed by atoms with Crippen LogP contribution in [0.4, 0.5) is 30.5 Å². The van der Waals surface area contributed by atoms with Gasteiger partial charge in [-0.3, -0.25) is 4.68 Å². The Labute approximate surface area is 231 Å². The third-order valence-electron chi connectivity index (χ3n) is 8.15. The highest BCUT2D eigenvalue weighted by atomic mass is 19.4. The number of nitrogens with one attached hydrogen (secondary N) is 1. The standard InChI is InChI=1S/C28H34F3N9/c1-19(2)40-26-20(13-34-40)4-5-24(36-26)35-25-12-23(38-10-7-27(8-11-38)6-9-37(3)17-27)22(15-32-25)21-14-33-39(16-21)18-28(29,30)31/h4-5,12-16,19H,6-11,17-18H2,1-3H3,(H,32,35,36). The first-order chi connectivity index (χ1) is 19.1. The molecular weight excluding hydrogens is 519 g/mol. The SMILES string of the molecule is CC(C)n1ncc2ccc(Nc3cc(N4CCC5(CCN(C)C5)CC4)c(-c4cnn(CC(F)(F)F)c4)cn3)nc21. The molecule has 2 fully saturated rings. The van der Waals surface area contributed by atoms with Crippen LogP contribution in [0.3, 0.4) is 0 Å². The molecule has 0 saturated carbocycles. The van der Waals surface area contributed by atoms with Crippen LogP contribution in [-0.2, 0) is 6.54 Å². The number of nitrogens with zero attached hydrogens (tertiary/aromatic N) is 8. The van der Waals surface area contributed by atoms with Gasteiger partial charge in [-0.1, -0.05) is 0 Å². The van der Waals surface area contributed by atoms with Crippen LogP contribution in [0, 0.1) is 5.41 Å². The second-order valence-electron chi connectivity index (χ2n) is 11.5. The molecule has 6 heterocycles. The smallest absolute Gasteiger partial charge is 0.371 e. The van der Waals surface area contributed by atoms with Gasteiger partial charge in [0.1, 0.15) is 18.2 Å². The zero-order valence-electron chi connectivity index (χ0n) is 23.0. The van der Waals surface area contributed by atoms with Crippen molar-refractivity contribution in [2.24, 2.45) is 5.41 Å². The van der Waals surface area contributed by atoms with Crippen molar-refractivity contribution in [1.29, 1.82) is 0 Å². The fraction of sp³-hybridized carbons (Fsp3) is 0.500. The first-order valence-corrected chi connectivity index (χ1v) is 13.7. The minimum Gasteiger partial charge on any atom is -0.371 e. The molecule has 0 aromatic carbocycles. The molecule has 40 heavy (non-hydrogen) atoms. The first kappa shape index (κ1) is 26.5. The van der Waals surface area contributed by atoms with Gasteiger partial charge < -0.3 is 15.1 Å². The molecule has 0 amide bonds. The van der Waals surface area contributed by atoms with Crippen LogP contribution in [0.5, 0.6) is 0 Å². The molecule has 212 valence electrons. The van der Waals surface area contributed by atoms with E-state index < -0.39 is 12.7 Å². The van der Waals surface area contributed by atoms with Crippen molar-refractivity contribution in [1.82, 2.24) is 34.4 Å². The lowest BCUT2D eigenvalue weighted by Crippen LogP contribution is -2.41. The summed E-state index contributed by atoms with van der Waals surface area (Å²) in [6.45, 7) is 6.98. The number of hydrogen-bond acceptors (Lipinski definition) is 7. The Balaban J connectivity index is 1.31. The number of piperidine rings is 1. The summed E-state index contributed by atoms with van der Waals surface area (Å²) in [4.78, 5) is 14.1. The number of pyridine rings is 2. The monoisotopic (exact) mass is 553 g/mol. The summed E-state index contributed by atoms with van der Waals surface area (Å²) in [5.41, 5.74) is 3.44. The van der Waals surface area contributed by atoms with Gasteiger partial charge in [-0.15, -0.1) is 0 Å². The maximum Gasteiger partial charge on any atom is 0.408 e. The van der Waals surface area contributed by atoms with Crippen LogP contribution < -0.4 is 10.2 Å². The lowest BCUT2D eigenvalue weighted by molar-refractivity contribution is -0.142. The molecule has 9 nitrogen and oxygen atoms in total. The van der Waals surface area contributed by atoms with Crippen LogP contribution in [0.15, 0.2) is 43.0 Å². The molecule has 2 aliphatic heterocycles. The molecule has 2 aliphatic rings. The molecule has 1 spiro atoms. The third-order valence-corrected chi connectivity index (χ3v) is 8.15. The van der Waals surface area contributed by atoms with Crippen molar-refractivity contribution in [2.75, 3.05) is 43.4 Å². The molecule has 2 saturated heterocycles. The average Bonchev–Trinajstić information content (AvgIpc) is 3.62. The van der Waals surface area contributed by atoms with E-state index in [2.05, 4.69) is 51.2 Å². The molecular formula is C28H34F3N9. The summed E-state index contributed by atoms with van der Waals surface area (Å²) in [6, 6.07) is 6.01. The summed E-state index contributed by atoms with van der Waals surface area (Å²) < 4.78 is 41.8. The molecule has 1 N–H and O–H groups in total. The van der Waals surface area contributed by atoms with E-state index in [0.717, 1.165) is 66.0 Å². The third kappa shape index (κ3) is 5.36. The quantitative estimate of drug-likeness (QED) is 0.338. The summed E-state index contributed by atoms with van der Waals surface area (Å²) in [5.74, 6) is 1.26. The van der Waals surface area contributed by atoms with E-state index in [-0.39, 0.29) is 6.04 Å². The van der Waals surface area contributed by atoms with Gasteiger partial charge in [0.25, 0.3) is 0 Å². The summed E-state index contributed by atoms with van der Waals surface area (Å²) >= 11 is 0. The van der Waals surface area contributed by atoms with E-state index in [9.17, 15) is 13.2 Å². The number of alkyl halides is 3. The van der Waals surface area contributed by atoms with Gasteiger partial charge >= 0.3 is 6.18 Å². The minimum atomic E-state index is -4.34. The van der Waals surface area contributed by atoms with Gasteiger partial charge in [-0.25, -0.2) is 14.6 Å². The highest BCUT2D eigenvalue weighted by molar-refractivity contribution is 5.81. The maximum absolute atomic E-state index is 13.0. The number of halogens is 3. The van der Waals surface area contributed by atoms with Gasteiger partial charge in [0.2, 0.25) is 0 Å². The van der Waals surface area contributed by atoms with Gasteiger partial charge in [0, 0.05) is 66.3 Å². The van der Waals surface area contributed by atoms with E-state index in [1.807, 2.05) is 22.9 Å². The molecule has 0 unspecified atom stereocenters. The highest BCUT2D eigenvalue weighted by Gasteiger charge is 2.39. The number of aromatic nitrogens is 6. The Hall–Kier alpha value is -3.67. The Bertz CT molecular complexity index is 1500. The van der Waals surface area contributed by atoms with Crippen molar-refractivity contribution in [2.45, 2.75) is 51.9 Å². The number of hydrogen-bond donors (Lipinski definition) is 1. The van der Waals surface area contributed by atoms with Crippen LogP contribution in [0.2, 0.25) is 0 Å². The van der Waals surface area contributed by atoms with Crippen molar-refractivity contribution in [3.8, 4) is 11.1 Å². The van der Waals surface area contributed by atoms with E-state index >= 15 is 0 Å². The summed E-state index contributed by atoms with van der Waals surface area (Å²) in [5, 5.41) is 12.7. The van der Waals surface area contributed by atoms with Crippen LogP contribution in [0.1, 0.15) is 39.2 Å². The Kier molecular flexibility index (Phi) is 6.68. The predicted molar refractivity (Wildman–Crippen MR) is 149 cm³/mol.